The van der Waals surface area contributed by atoms with Gasteiger partial charge in [0.1, 0.15) is 18.1 Å². The molecule has 1 heterocycles. The van der Waals surface area contributed by atoms with Crippen LogP contribution < -0.4 is 9.47 Å². The number of carbonyl (C=O) groups is 1. The highest BCUT2D eigenvalue weighted by atomic mass is 16.5. The quantitative estimate of drug-likeness (QED) is 0.785. The maximum Gasteiger partial charge on any atom is 0.253 e. The Morgan fingerprint density at radius 2 is 1.78 bits per heavy atom. The number of ether oxygens (including phenoxy) is 2. The lowest BCUT2D eigenvalue weighted by Gasteiger charge is -2.22. The lowest BCUT2D eigenvalue weighted by molar-refractivity contribution is 0.0760. The van der Waals surface area contributed by atoms with Crippen LogP contribution in [0.1, 0.15) is 22.3 Å². The number of hydrogen-bond acceptors (Lipinski definition) is 4. The summed E-state index contributed by atoms with van der Waals surface area (Å²) in [6, 6.07) is 15.5. The van der Waals surface area contributed by atoms with Crippen LogP contribution in [0, 0.1) is 6.92 Å². The lowest BCUT2D eigenvalue weighted by atomic mass is 10.1. The number of aryl methyl sites for hydroxylation is 1. The Balaban J connectivity index is 1.46. The van der Waals surface area contributed by atoms with Gasteiger partial charge in [0, 0.05) is 38.3 Å². The minimum absolute atomic E-state index is 0.134. The molecule has 5 heteroatoms. The zero-order valence-corrected chi connectivity index (χ0v) is 16.2. The second kappa shape index (κ2) is 9.42. The SMILES string of the molecule is COc1ccc(OCCN2CCCN(C(=O)c3cccc(C)c3)CC2)cc1. The summed E-state index contributed by atoms with van der Waals surface area (Å²) in [5.74, 6) is 1.81. The molecule has 0 radical (unpaired) electrons. The van der Waals surface area contributed by atoms with Crippen molar-refractivity contribution >= 4 is 5.91 Å². The van der Waals surface area contributed by atoms with E-state index in [0.717, 1.165) is 61.8 Å². The number of amides is 1. The van der Waals surface area contributed by atoms with Crippen LogP contribution in [0.5, 0.6) is 11.5 Å². The third-order valence-electron chi connectivity index (χ3n) is 4.88. The average molecular weight is 368 g/mol. The molecule has 144 valence electrons. The fraction of sp³-hybridized carbons (Fsp3) is 0.409. The molecule has 1 aliphatic rings. The molecule has 0 aliphatic carbocycles. The van der Waals surface area contributed by atoms with Gasteiger partial charge in [-0.3, -0.25) is 9.69 Å². The Hall–Kier alpha value is -2.53. The molecular weight excluding hydrogens is 340 g/mol. The van der Waals surface area contributed by atoms with Crippen molar-refractivity contribution in [3.05, 3.63) is 59.7 Å². The second-order valence-corrected chi connectivity index (χ2v) is 6.88. The van der Waals surface area contributed by atoms with E-state index in [2.05, 4.69) is 4.90 Å². The van der Waals surface area contributed by atoms with Crippen LogP contribution in [0.2, 0.25) is 0 Å². The summed E-state index contributed by atoms with van der Waals surface area (Å²) in [5.41, 5.74) is 1.90. The minimum atomic E-state index is 0.134. The first-order valence-electron chi connectivity index (χ1n) is 9.51. The highest BCUT2D eigenvalue weighted by molar-refractivity contribution is 5.94. The molecule has 0 bridgehead atoms. The molecular formula is C22H28N2O3. The Kier molecular flexibility index (Phi) is 6.71. The predicted octanol–water partition coefficient (Wildman–Crippen LogP) is 3.23. The largest absolute Gasteiger partial charge is 0.497 e. The number of methoxy groups -OCH3 is 1. The fourth-order valence-corrected chi connectivity index (χ4v) is 3.32. The molecule has 1 fully saturated rings. The first kappa shape index (κ1) is 19.2. The molecule has 1 aliphatic heterocycles. The third kappa shape index (κ3) is 5.47. The summed E-state index contributed by atoms with van der Waals surface area (Å²) < 4.78 is 11.0. The van der Waals surface area contributed by atoms with Crippen LogP contribution >= 0.6 is 0 Å². The van der Waals surface area contributed by atoms with Crippen LogP contribution in [0.25, 0.3) is 0 Å². The van der Waals surface area contributed by atoms with Gasteiger partial charge in [0.05, 0.1) is 7.11 Å². The summed E-state index contributed by atoms with van der Waals surface area (Å²) in [6.07, 6.45) is 0.986. The molecule has 0 unspecified atom stereocenters. The smallest absolute Gasteiger partial charge is 0.253 e. The van der Waals surface area contributed by atoms with Gasteiger partial charge in [-0.2, -0.15) is 0 Å². The van der Waals surface area contributed by atoms with Crippen molar-refractivity contribution in [1.29, 1.82) is 0 Å². The van der Waals surface area contributed by atoms with Gasteiger partial charge in [-0.15, -0.1) is 0 Å². The van der Waals surface area contributed by atoms with Crippen LogP contribution in [-0.2, 0) is 0 Å². The molecule has 0 spiro atoms. The lowest BCUT2D eigenvalue weighted by Crippen LogP contribution is -2.36. The van der Waals surface area contributed by atoms with E-state index in [-0.39, 0.29) is 5.91 Å². The zero-order chi connectivity index (χ0) is 19.1. The van der Waals surface area contributed by atoms with Crippen molar-refractivity contribution in [1.82, 2.24) is 9.80 Å². The highest BCUT2D eigenvalue weighted by Crippen LogP contribution is 2.17. The topological polar surface area (TPSA) is 42.0 Å². The molecule has 1 amide bonds. The summed E-state index contributed by atoms with van der Waals surface area (Å²) in [5, 5.41) is 0. The van der Waals surface area contributed by atoms with Gasteiger partial charge in [0.25, 0.3) is 5.91 Å². The van der Waals surface area contributed by atoms with E-state index in [4.69, 9.17) is 9.47 Å². The number of hydrogen-bond donors (Lipinski definition) is 0. The molecule has 0 atom stereocenters. The number of benzene rings is 2. The van der Waals surface area contributed by atoms with Gasteiger partial charge in [-0.25, -0.2) is 0 Å². The Morgan fingerprint density at radius 1 is 1.00 bits per heavy atom. The molecule has 5 nitrogen and oxygen atoms in total. The van der Waals surface area contributed by atoms with E-state index in [0.29, 0.717) is 6.61 Å². The van der Waals surface area contributed by atoms with Gasteiger partial charge in [0.15, 0.2) is 0 Å². The van der Waals surface area contributed by atoms with Crippen LogP contribution in [0.4, 0.5) is 0 Å². The monoisotopic (exact) mass is 368 g/mol. The first-order chi connectivity index (χ1) is 13.2. The average Bonchev–Trinajstić information content (AvgIpc) is 2.94. The molecule has 1 saturated heterocycles. The first-order valence-corrected chi connectivity index (χ1v) is 9.51. The van der Waals surface area contributed by atoms with Gasteiger partial charge < -0.3 is 14.4 Å². The predicted molar refractivity (Wildman–Crippen MR) is 107 cm³/mol. The van der Waals surface area contributed by atoms with Crippen molar-refractivity contribution in [3.8, 4) is 11.5 Å². The van der Waals surface area contributed by atoms with E-state index in [1.807, 2.05) is 60.4 Å². The van der Waals surface area contributed by atoms with Gasteiger partial charge in [-0.1, -0.05) is 17.7 Å². The number of rotatable bonds is 6. The summed E-state index contributed by atoms with van der Waals surface area (Å²) in [6.45, 7) is 6.95. The van der Waals surface area contributed by atoms with E-state index < -0.39 is 0 Å². The Labute approximate surface area is 161 Å². The van der Waals surface area contributed by atoms with E-state index in [9.17, 15) is 4.79 Å². The summed E-state index contributed by atoms with van der Waals surface area (Å²) >= 11 is 0. The maximum atomic E-state index is 12.7. The molecule has 0 N–H and O–H groups in total. The number of carbonyl (C=O) groups excluding carboxylic acids is 1. The van der Waals surface area contributed by atoms with Crippen molar-refractivity contribution in [2.24, 2.45) is 0 Å². The standard InChI is InChI=1S/C22H28N2O3/c1-18-5-3-6-19(17-18)22(25)24-12-4-11-23(13-14-24)15-16-27-21-9-7-20(26-2)8-10-21/h3,5-10,17H,4,11-16H2,1-2H3. The molecule has 2 aromatic carbocycles. The number of nitrogens with zero attached hydrogens (tertiary/aromatic N) is 2. The van der Waals surface area contributed by atoms with Crippen LogP contribution in [0.3, 0.4) is 0 Å². The minimum Gasteiger partial charge on any atom is -0.497 e. The fourth-order valence-electron chi connectivity index (χ4n) is 3.32. The van der Waals surface area contributed by atoms with Crippen LogP contribution in [0.15, 0.2) is 48.5 Å². The molecule has 0 aromatic heterocycles. The normalized spacial score (nSPS) is 15.3. The molecule has 3 rings (SSSR count). The van der Waals surface area contributed by atoms with E-state index in [1.165, 1.54) is 0 Å². The van der Waals surface area contributed by atoms with Gasteiger partial charge in [0.2, 0.25) is 0 Å². The zero-order valence-electron chi connectivity index (χ0n) is 16.2. The Morgan fingerprint density at radius 3 is 2.52 bits per heavy atom. The van der Waals surface area contributed by atoms with E-state index in [1.54, 1.807) is 7.11 Å². The second-order valence-electron chi connectivity index (χ2n) is 6.88. The highest BCUT2D eigenvalue weighted by Gasteiger charge is 2.20. The third-order valence-corrected chi connectivity index (χ3v) is 4.88. The van der Waals surface area contributed by atoms with Crippen molar-refractivity contribution < 1.29 is 14.3 Å². The molecule has 0 saturated carbocycles. The van der Waals surface area contributed by atoms with Crippen molar-refractivity contribution in [2.75, 3.05) is 46.4 Å². The van der Waals surface area contributed by atoms with E-state index >= 15 is 0 Å². The maximum absolute atomic E-state index is 12.7. The molecule has 27 heavy (non-hydrogen) atoms. The summed E-state index contributed by atoms with van der Waals surface area (Å²) in [7, 11) is 1.65. The Bertz CT molecular complexity index is 745. The molecule has 2 aromatic rings. The van der Waals surface area contributed by atoms with Crippen LogP contribution in [-0.4, -0.2) is 62.1 Å². The van der Waals surface area contributed by atoms with Gasteiger partial charge in [-0.05, 0) is 49.7 Å². The van der Waals surface area contributed by atoms with Crippen molar-refractivity contribution in [2.45, 2.75) is 13.3 Å². The van der Waals surface area contributed by atoms with Gasteiger partial charge >= 0.3 is 0 Å². The van der Waals surface area contributed by atoms with Crippen molar-refractivity contribution in [3.63, 3.8) is 0 Å². The summed E-state index contributed by atoms with van der Waals surface area (Å²) in [4.78, 5) is 17.1.